The van der Waals surface area contributed by atoms with E-state index in [-0.39, 0.29) is 5.91 Å². The van der Waals surface area contributed by atoms with Crippen LogP contribution in [0.3, 0.4) is 0 Å². The van der Waals surface area contributed by atoms with E-state index in [9.17, 15) is 9.90 Å². The Morgan fingerprint density at radius 2 is 2.06 bits per heavy atom. The van der Waals surface area contributed by atoms with E-state index in [0.717, 1.165) is 22.6 Å². The normalized spacial score (nSPS) is 15.7. The van der Waals surface area contributed by atoms with E-state index in [0.29, 0.717) is 31.8 Å². The first kappa shape index (κ1) is 21.1. The van der Waals surface area contributed by atoms with Crippen molar-refractivity contribution < 1.29 is 14.6 Å². The van der Waals surface area contributed by atoms with Crippen molar-refractivity contribution in [3.63, 3.8) is 0 Å². The number of carbonyl (C=O) groups excluding carboxylic acids is 1. The Morgan fingerprint density at radius 3 is 2.81 bits per heavy atom. The lowest BCUT2D eigenvalue weighted by molar-refractivity contribution is 0.0299. The molecule has 7 heteroatoms. The summed E-state index contributed by atoms with van der Waals surface area (Å²) in [7, 11) is 3.86. The molecule has 0 saturated heterocycles. The highest BCUT2D eigenvalue weighted by Crippen LogP contribution is 2.30. The van der Waals surface area contributed by atoms with Crippen LogP contribution < -0.4 is 4.74 Å². The van der Waals surface area contributed by atoms with Gasteiger partial charge in [-0.2, -0.15) is 5.10 Å². The zero-order valence-corrected chi connectivity index (χ0v) is 18.2. The molecule has 0 aliphatic carbocycles. The van der Waals surface area contributed by atoms with Gasteiger partial charge in [-0.05, 0) is 63.0 Å². The van der Waals surface area contributed by atoms with Crippen molar-refractivity contribution in [2.75, 3.05) is 33.8 Å². The number of aromatic nitrogens is 2. The molecule has 0 bridgehead atoms. The van der Waals surface area contributed by atoms with E-state index < -0.39 is 5.60 Å². The lowest BCUT2D eigenvalue weighted by Crippen LogP contribution is -2.35. The van der Waals surface area contributed by atoms with Gasteiger partial charge in [0.1, 0.15) is 12.4 Å². The van der Waals surface area contributed by atoms with Crippen molar-refractivity contribution >= 4 is 5.91 Å². The number of fused-ring (bicyclic) bond motifs is 1. The zero-order chi connectivity index (χ0) is 22.0. The minimum Gasteiger partial charge on any atom is -0.491 e. The van der Waals surface area contributed by atoms with E-state index in [4.69, 9.17) is 4.74 Å². The Balaban J connectivity index is 1.59. The summed E-state index contributed by atoms with van der Waals surface area (Å²) in [6.07, 6.45) is 3.56. The molecule has 1 amide bonds. The molecule has 4 rings (SSSR count). The highest BCUT2D eigenvalue weighted by atomic mass is 16.5. The number of hydrogen-bond acceptors (Lipinski definition) is 5. The molecule has 0 saturated carbocycles. The standard InChI is InChI=1S/C24H28N4O3/c1-24(30,17-26(2)3)20-8-9-22-19(14-20)16-27(12-13-31-22)23(29)18-6-4-7-21(15-18)28-11-5-10-25-28/h4-11,14-15,30H,12-13,16-17H2,1-3H3/t24-/m0/s1. The van der Waals surface area contributed by atoms with E-state index in [1.54, 1.807) is 22.7 Å². The molecule has 1 atom stereocenters. The minimum atomic E-state index is -1.00. The average Bonchev–Trinajstić information content (AvgIpc) is 3.19. The monoisotopic (exact) mass is 420 g/mol. The van der Waals surface area contributed by atoms with Crippen LogP contribution in [0.5, 0.6) is 5.75 Å². The largest absolute Gasteiger partial charge is 0.491 e. The summed E-state index contributed by atoms with van der Waals surface area (Å²) >= 11 is 0. The predicted molar refractivity (Wildman–Crippen MR) is 118 cm³/mol. The number of hydrogen-bond donors (Lipinski definition) is 1. The lowest BCUT2D eigenvalue weighted by atomic mass is 9.93. The fraction of sp³-hybridized carbons (Fsp3) is 0.333. The third-order valence-corrected chi connectivity index (χ3v) is 5.44. The first-order valence-electron chi connectivity index (χ1n) is 10.4. The highest BCUT2D eigenvalue weighted by molar-refractivity contribution is 5.94. The number of aliphatic hydroxyl groups is 1. The maximum absolute atomic E-state index is 13.3. The summed E-state index contributed by atoms with van der Waals surface area (Å²) in [6, 6.07) is 15.0. The number of amides is 1. The number of likely N-dealkylation sites (N-methyl/N-ethyl adjacent to an activating group) is 1. The van der Waals surface area contributed by atoms with Gasteiger partial charge in [-0.3, -0.25) is 4.79 Å². The van der Waals surface area contributed by atoms with Gasteiger partial charge in [0.15, 0.2) is 0 Å². The smallest absolute Gasteiger partial charge is 0.254 e. The van der Waals surface area contributed by atoms with Crippen LogP contribution in [-0.4, -0.2) is 64.4 Å². The van der Waals surface area contributed by atoms with Crippen LogP contribution in [0.1, 0.15) is 28.4 Å². The first-order chi connectivity index (χ1) is 14.8. The van der Waals surface area contributed by atoms with Gasteiger partial charge in [0.05, 0.1) is 17.8 Å². The number of benzene rings is 2. The van der Waals surface area contributed by atoms with Gasteiger partial charge in [0.2, 0.25) is 0 Å². The fourth-order valence-electron chi connectivity index (χ4n) is 4.00. The van der Waals surface area contributed by atoms with E-state index in [2.05, 4.69) is 5.10 Å². The fourth-order valence-corrected chi connectivity index (χ4v) is 4.00. The van der Waals surface area contributed by atoms with Gasteiger partial charge < -0.3 is 19.6 Å². The van der Waals surface area contributed by atoms with Gasteiger partial charge in [-0.15, -0.1) is 0 Å². The Hall–Kier alpha value is -3.16. The SMILES string of the molecule is CN(C)C[C@](C)(O)c1ccc2c(c1)CN(C(=O)c1cccc(-n3cccn3)c1)CCO2. The molecular formula is C24H28N4O3. The number of nitrogens with zero attached hydrogens (tertiary/aromatic N) is 4. The van der Waals surface area contributed by atoms with Crippen molar-refractivity contribution in [1.29, 1.82) is 0 Å². The van der Waals surface area contributed by atoms with Crippen molar-refractivity contribution in [2.24, 2.45) is 0 Å². The van der Waals surface area contributed by atoms with Crippen LogP contribution in [0.25, 0.3) is 5.69 Å². The summed E-state index contributed by atoms with van der Waals surface area (Å²) in [4.78, 5) is 17.0. The molecule has 1 N–H and O–H groups in total. The molecule has 3 aromatic rings. The van der Waals surface area contributed by atoms with Crippen LogP contribution in [0.15, 0.2) is 60.9 Å². The Labute approximate surface area is 182 Å². The predicted octanol–water partition coefficient (Wildman–Crippen LogP) is 2.68. The second kappa shape index (κ2) is 8.53. The molecule has 0 spiro atoms. The Bertz CT molecular complexity index is 1060. The van der Waals surface area contributed by atoms with E-state index in [1.807, 2.05) is 73.7 Å². The molecule has 1 aliphatic rings. The number of ether oxygens (including phenoxy) is 1. The minimum absolute atomic E-state index is 0.0593. The van der Waals surface area contributed by atoms with Gasteiger partial charge in [-0.1, -0.05) is 12.1 Å². The summed E-state index contributed by atoms with van der Waals surface area (Å²) in [5.41, 5.74) is 2.14. The molecule has 1 aromatic heterocycles. The third kappa shape index (κ3) is 4.62. The van der Waals surface area contributed by atoms with Crippen LogP contribution in [0.4, 0.5) is 0 Å². The van der Waals surface area contributed by atoms with Gasteiger partial charge in [0.25, 0.3) is 5.91 Å². The van der Waals surface area contributed by atoms with Crippen molar-refractivity contribution in [3.8, 4) is 11.4 Å². The maximum Gasteiger partial charge on any atom is 0.254 e. The summed E-state index contributed by atoms with van der Waals surface area (Å²) in [5.74, 6) is 0.695. The Kier molecular flexibility index (Phi) is 5.80. The molecule has 31 heavy (non-hydrogen) atoms. The van der Waals surface area contributed by atoms with Gasteiger partial charge in [-0.25, -0.2) is 4.68 Å². The lowest BCUT2D eigenvalue weighted by Gasteiger charge is -2.28. The van der Waals surface area contributed by atoms with Crippen molar-refractivity contribution in [2.45, 2.75) is 19.1 Å². The van der Waals surface area contributed by atoms with Crippen molar-refractivity contribution in [1.82, 2.24) is 19.6 Å². The molecule has 2 heterocycles. The topological polar surface area (TPSA) is 70.8 Å². The maximum atomic E-state index is 13.3. The first-order valence-corrected chi connectivity index (χ1v) is 10.4. The quantitative estimate of drug-likeness (QED) is 0.687. The molecule has 0 radical (unpaired) electrons. The molecule has 1 aliphatic heterocycles. The molecule has 2 aromatic carbocycles. The van der Waals surface area contributed by atoms with Gasteiger partial charge in [0, 0.05) is 36.6 Å². The average molecular weight is 421 g/mol. The molecule has 0 unspecified atom stereocenters. The highest BCUT2D eigenvalue weighted by Gasteiger charge is 2.27. The van der Waals surface area contributed by atoms with E-state index >= 15 is 0 Å². The van der Waals surface area contributed by atoms with Crippen LogP contribution in [0, 0.1) is 0 Å². The Morgan fingerprint density at radius 1 is 1.23 bits per heavy atom. The van der Waals surface area contributed by atoms with Crippen molar-refractivity contribution in [3.05, 3.63) is 77.6 Å². The van der Waals surface area contributed by atoms with Crippen LogP contribution >= 0.6 is 0 Å². The summed E-state index contributed by atoms with van der Waals surface area (Å²) < 4.78 is 7.63. The third-order valence-electron chi connectivity index (χ3n) is 5.44. The van der Waals surface area contributed by atoms with E-state index in [1.165, 1.54) is 0 Å². The summed E-state index contributed by atoms with van der Waals surface area (Å²) in [5, 5.41) is 15.2. The molecule has 0 fully saturated rings. The molecule has 162 valence electrons. The summed E-state index contributed by atoms with van der Waals surface area (Å²) in [6.45, 7) is 3.63. The molecular weight excluding hydrogens is 392 g/mol. The second-order valence-electron chi connectivity index (χ2n) is 8.41. The molecule has 7 nitrogen and oxygen atoms in total. The van der Waals surface area contributed by atoms with Crippen LogP contribution in [-0.2, 0) is 12.1 Å². The van der Waals surface area contributed by atoms with Crippen LogP contribution in [0.2, 0.25) is 0 Å². The number of rotatable bonds is 5. The second-order valence-corrected chi connectivity index (χ2v) is 8.41. The van der Waals surface area contributed by atoms with Gasteiger partial charge >= 0.3 is 0 Å². The number of carbonyl (C=O) groups is 1. The zero-order valence-electron chi connectivity index (χ0n) is 18.2.